The van der Waals surface area contributed by atoms with Crippen molar-refractivity contribution in [2.75, 3.05) is 0 Å². The fourth-order valence-electron chi connectivity index (χ4n) is 2.57. The number of carboxylic acid groups (broad SMARTS) is 1. The summed E-state index contributed by atoms with van der Waals surface area (Å²) in [6.07, 6.45) is 4.20. The van der Waals surface area contributed by atoms with E-state index in [-0.39, 0.29) is 6.04 Å². The van der Waals surface area contributed by atoms with Gasteiger partial charge in [-0.1, -0.05) is 13.3 Å². The molecule has 0 spiro atoms. The number of carboxylic acids is 1. The number of nitrogens with zero attached hydrogens (tertiary/aromatic N) is 1. The molecule has 3 heteroatoms. The topological polar surface area (TPSA) is 40.5 Å². The van der Waals surface area contributed by atoms with Crippen LogP contribution in [0.2, 0.25) is 0 Å². The summed E-state index contributed by atoms with van der Waals surface area (Å²) in [5, 5.41) is 9.12. The molecule has 1 heterocycles. The molecule has 0 aromatic carbocycles. The van der Waals surface area contributed by atoms with Gasteiger partial charge in [0.25, 0.3) is 0 Å². The maximum Gasteiger partial charge on any atom is 0.320 e. The minimum Gasteiger partial charge on any atom is -0.480 e. The van der Waals surface area contributed by atoms with Crippen molar-refractivity contribution in [2.24, 2.45) is 0 Å². The van der Waals surface area contributed by atoms with Gasteiger partial charge in [0.2, 0.25) is 0 Å². The minimum absolute atomic E-state index is 0.291. The van der Waals surface area contributed by atoms with E-state index < -0.39 is 5.97 Å². The molecule has 1 aliphatic heterocycles. The molecule has 0 aliphatic carbocycles. The van der Waals surface area contributed by atoms with Crippen molar-refractivity contribution in [2.45, 2.75) is 64.6 Å². The largest absolute Gasteiger partial charge is 0.480 e. The third-order valence-electron chi connectivity index (χ3n) is 3.29. The standard InChI is InChI=1S/C11H21NO2/c1-4-10(11(13)14)12-8(2)6-5-7-9(12)3/h8-10H,4-7H2,1-3H3,(H,13,14)/t8-,9-,10-/m1/s1. The molecule has 82 valence electrons. The fraction of sp³-hybridized carbons (Fsp3) is 0.909. The predicted octanol–water partition coefficient (Wildman–Crippen LogP) is 2.11. The number of likely N-dealkylation sites (tertiary alicyclic amines) is 1. The van der Waals surface area contributed by atoms with Crippen LogP contribution < -0.4 is 0 Å². The van der Waals surface area contributed by atoms with Crippen LogP contribution in [-0.4, -0.2) is 34.1 Å². The van der Waals surface area contributed by atoms with Crippen LogP contribution in [0.25, 0.3) is 0 Å². The normalized spacial score (nSPS) is 31.4. The number of hydrogen-bond acceptors (Lipinski definition) is 2. The molecule has 1 aliphatic rings. The Balaban J connectivity index is 2.74. The van der Waals surface area contributed by atoms with Gasteiger partial charge >= 0.3 is 5.97 Å². The Kier molecular flexibility index (Phi) is 3.93. The SMILES string of the molecule is CC[C@H](C(=O)O)N1[C@H](C)CCC[C@H]1C. The number of aliphatic carboxylic acids is 1. The summed E-state index contributed by atoms with van der Waals surface area (Å²) in [4.78, 5) is 13.3. The second kappa shape index (κ2) is 4.78. The van der Waals surface area contributed by atoms with Crippen LogP contribution in [0.15, 0.2) is 0 Å². The van der Waals surface area contributed by atoms with Crippen molar-refractivity contribution in [1.29, 1.82) is 0 Å². The van der Waals surface area contributed by atoms with E-state index in [0.29, 0.717) is 18.5 Å². The molecule has 0 saturated carbocycles. The average molecular weight is 199 g/mol. The van der Waals surface area contributed by atoms with Gasteiger partial charge in [-0.3, -0.25) is 9.69 Å². The smallest absolute Gasteiger partial charge is 0.320 e. The second-order valence-corrected chi connectivity index (χ2v) is 4.34. The third-order valence-corrected chi connectivity index (χ3v) is 3.29. The van der Waals surface area contributed by atoms with Crippen molar-refractivity contribution in [3.05, 3.63) is 0 Å². The monoisotopic (exact) mass is 199 g/mol. The van der Waals surface area contributed by atoms with Crippen LogP contribution in [0.1, 0.15) is 46.5 Å². The van der Waals surface area contributed by atoms with Gasteiger partial charge in [-0.05, 0) is 33.1 Å². The summed E-state index contributed by atoms with van der Waals surface area (Å²) < 4.78 is 0. The van der Waals surface area contributed by atoms with Gasteiger partial charge in [0.05, 0.1) is 0 Å². The van der Waals surface area contributed by atoms with Gasteiger partial charge < -0.3 is 5.11 Å². The Hall–Kier alpha value is -0.570. The summed E-state index contributed by atoms with van der Waals surface area (Å²) in [5.41, 5.74) is 0. The summed E-state index contributed by atoms with van der Waals surface area (Å²) in [6.45, 7) is 6.23. The minimum atomic E-state index is -0.673. The van der Waals surface area contributed by atoms with E-state index in [1.54, 1.807) is 0 Å². The van der Waals surface area contributed by atoms with Crippen molar-refractivity contribution in [3.63, 3.8) is 0 Å². The second-order valence-electron chi connectivity index (χ2n) is 4.34. The van der Waals surface area contributed by atoms with Crippen LogP contribution in [0.4, 0.5) is 0 Å². The molecule has 1 N–H and O–H groups in total. The van der Waals surface area contributed by atoms with Gasteiger partial charge in [0.15, 0.2) is 0 Å². The molecule has 0 radical (unpaired) electrons. The molecular formula is C11H21NO2. The molecule has 1 fully saturated rings. The zero-order valence-corrected chi connectivity index (χ0v) is 9.36. The lowest BCUT2D eigenvalue weighted by Crippen LogP contribution is -2.52. The molecule has 1 saturated heterocycles. The van der Waals surface area contributed by atoms with E-state index in [9.17, 15) is 4.79 Å². The third kappa shape index (κ3) is 2.27. The molecule has 14 heavy (non-hydrogen) atoms. The lowest BCUT2D eigenvalue weighted by Gasteiger charge is -2.42. The van der Waals surface area contributed by atoms with Crippen LogP contribution in [0.3, 0.4) is 0 Å². The van der Waals surface area contributed by atoms with Crippen LogP contribution >= 0.6 is 0 Å². The Morgan fingerprint density at radius 2 is 1.93 bits per heavy atom. The van der Waals surface area contributed by atoms with E-state index in [4.69, 9.17) is 5.11 Å². The van der Waals surface area contributed by atoms with E-state index in [1.807, 2.05) is 6.92 Å². The molecule has 3 atom stereocenters. The molecule has 0 unspecified atom stereocenters. The highest BCUT2D eigenvalue weighted by Crippen LogP contribution is 2.25. The maximum absolute atomic E-state index is 11.1. The number of hydrogen-bond donors (Lipinski definition) is 1. The molecule has 1 rings (SSSR count). The fourth-order valence-corrected chi connectivity index (χ4v) is 2.57. The first-order valence-corrected chi connectivity index (χ1v) is 5.58. The van der Waals surface area contributed by atoms with Gasteiger partial charge in [-0.25, -0.2) is 0 Å². The summed E-state index contributed by atoms with van der Waals surface area (Å²) in [7, 11) is 0. The Labute approximate surface area is 86.1 Å². The molecule has 0 aromatic heterocycles. The highest BCUT2D eigenvalue weighted by molar-refractivity contribution is 5.73. The highest BCUT2D eigenvalue weighted by atomic mass is 16.4. The average Bonchev–Trinajstić information content (AvgIpc) is 2.10. The van der Waals surface area contributed by atoms with E-state index in [0.717, 1.165) is 12.8 Å². The van der Waals surface area contributed by atoms with Crippen LogP contribution in [0, 0.1) is 0 Å². The first-order valence-electron chi connectivity index (χ1n) is 5.58. The van der Waals surface area contributed by atoms with Gasteiger partial charge in [-0.2, -0.15) is 0 Å². The quantitative estimate of drug-likeness (QED) is 0.756. The lowest BCUT2D eigenvalue weighted by atomic mass is 9.94. The summed E-state index contributed by atoms with van der Waals surface area (Å²) in [6, 6.07) is 0.542. The van der Waals surface area contributed by atoms with Crippen molar-refractivity contribution < 1.29 is 9.90 Å². The van der Waals surface area contributed by atoms with Gasteiger partial charge in [-0.15, -0.1) is 0 Å². The Bertz CT molecular complexity index is 195. The van der Waals surface area contributed by atoms with E-state index >= 15 is 0 Å². The number of rotatable bonds is 3. The van der Waals surface area contributed by atoms with Crippen molar-refractivity contribution in [1.82, 2.24) is 4.90 Å². The molecular weight excluding hydrogens is 178 g/mol. The van der Waals surface area contributed by atoms with Crippen LogP contribution in [-0.2, 0) is 4.79 Å². The van der Waals surface area contributed by atoms with Gasteiger partial charge in [0.1, 0.15) is 6.04 Å². The van der Waals surface area contributed by atoms with Crippen molar-refractivity contribution in [3.8, 4) is 0 Å². The molecule has 0 bridgehead atoms. The first kappa shape index (κ1) is 11.5. The Morgan fingerprint density at radius 3 is 2.29 bits per heavy atom. The van der Waals surface area contributed by atoms with Crippen LogP contribution in [0.5, 0.6) is 0 Å². The molecule has 3 nitrogen and oxygen atoms in total. The highest BCUT2D eigenvalue weighted by Gasteiger charge is 2.33. The molecule has 0 aromatic rings. The zero-order chi connectivity index (χ0) is 10.7. The predicted molar refractivity (Wildman–Crippen MR) is 56.3 cm³/mol. The summed E-state index contributed by atoms with van der Waals surface area (Å²) in [5.74, 6) is -0.673. The number of carbonyl (C=O) groups is 1. The summed E-state index contributed by atoms with van der Waals surface area (Å²) >= 11 is 0. The first-order chi connectivity index (χ1) is 6.57. The number of piperidine rings is 1. The molecule has 0 amide bonds. The van der Waals surface area contributed by atoms with E-state index in [1.165, 1.54) is 6.42 Å². The van der Waals surface area contributed by atoms with E-state index in [2.05, 4.69) is 18.7 Å². The lowest BCUT2D eigenvalue weighted by molar-refractivity contribution is -0.146. The van der Waals surface area contributed by atoms with Crippen molar-refractivity contribution >= 4 is 5.97 Å². The zero-order valence-electron chi connectivity index (χ0n) is 9.36. The maximum atomic E-state index is 11.1. The Morgan fingerprint density at radius 1 is 1.43 bits per heavy atom. The van der Waals surface area contributed by atoms with Gasteiger partial charge in [0, 0.05) is 12.1 Å².